The van der Waals surface area contributed by atoms with Crippen LogP contribution in [-0.4, -0.2) is 40.7 Å². The first-order valence-corrected chi connectivity index (χ1v) is 10.5. The van der Waals surface area contributed by atoms with Crippen molar-refractivity contribution in [2.24, 2.45) is 0 Å². The van der Waals surface area contributed by atoms with Crippen LogP contribution in [0.3, 0.4) is 0 Å². The van der Waals surface area contributed by atoms with Gasteiger partial charge >= 0.3 is 0 Å². The minimum absolute atomic E-state index is 0.0225. The van der Waals surface area contributed by atoms with Gasteiger partial charge in [0.1, 0.15) is 5.75 Å². The molecule has 1 amide bonds. The molecule has 2 aromatic rings. The van der Waals surface area contributed by atoms with E-state index >= 15 is 0 Å². The molecule has 7 nitrogen and oxygen atoms in total. The highest BCUT2D eigenvalue weighted by Gasteiger charge is 2.21. The van der Waals surface area contributed by atoms with Gasteiger partial charge in [-0.2, -0.15) is 0 Å². The molecule has 3 rings (SSSR count). The van der Waals surface area contributed by atoms with Gasteiger partial charge < -0.3 is 14.8 Å². The zero-order valence-corrected chi connectivity index (χ0v) is 16.7. The van der Waals surface area contributed by atoms with E-state index in [1.807, 2.05) is 0 Å². The van der Waals surface area contributed by atoms with Crippen molar-refractivity contribution in [1.82, 2.24) is 5.32 Å². The Hall–Kier alpha value is -2.58. The van der Waals surface area contributed by atoms with Gasteiger partial charge in [-0.1, -0.05) is 6.07 Å². The predicted molar refractivity (Wildman–Crippen MR) is 106 cm³/mol. The monoisotopic (exact) mass is 404 g/mol. The molecule has 0 saturated carbocycles. The molecule has 2 aromatic carbocycles. The lowest BCUT2D eigenvalue weighted by Gasteiger charge is -2.14. The smallest absolute Gasteiger partial charge is 0.262 e. The van der Waals surface area contributed by atoms with Crippen molar-refractivity contribution in [2.45, 2.75) is 30.8 Å². The van der Waals surface area contributed by atoms with E-state index in [-0.39, 0.29) is 16.9 Å². The van der Waals surface area contributed by atoms with Crippen LogP contribution < -0.4 is 14.8 Å². The predicted octanol–water partition coefficient (Wildman–Crippen LogP) is 2.71. The minimum Gasteiger partial charge on any atom is -0.497 e. The summed E-state index contributed by atoms with van der Waals surface area (Å²) < 4.78 is 38.7. The zero-order valence-electron chi connectivity index (χ0n) is 15.9. The van der Waals surface area contributed by atoms with Gasteiger partial charge in [0.15, 0.2) is 0 Å². The fourth-order valence-corrected chi connectivity index (χ4v) is 4.34. The molecule has 0 aromatic heterocycles. The summed E-state index contributed by atoms with van der Waals surface area (Å²) in [4.78, 5) is 12.5. The number of carbonyl (C=O) groups is 1. The third-order valence-corrected chi connectivity index (χ3v) is 6.12. The Balaban J connectivity index is 1.75. The average Bonchev–Trinajstić information content (AvgIpc) is 3.20. The van der Waals surface area contributed by atoms with Gasteiger partial charge in [-0.25, -0.2) is 8.42 Å². The van der Waals surface area contributed by atoms with Gasteiger partial charge in [-0.3, -0.25) is 9.52 Å². The van der Waals surface area contributed by atoms with E-state index in [2.05, 4.69) is 10.0 Å². The Labute approximate surface area is 165 Å². The first kappa shape index (κ1) is 20.2. The second-order valence-electron chi connectivity index (χ2n) is 6.66. The zero-order chi connectivity index (χ0) is 20.1. The van der Waals surface area contributed by atoms with E-state index in [1.54, 1.807) is 43.3 Å². The molecule has 1 fully saturated rings. The van der Waals surface area contributed by atoms with Crippen molar-refractivity contribution >= 4 is 21.6 Å². The number of aryl methyl sites for hydroxylation is 1. The highest BCUT2D eigenvalue weighted by atomic mass is 32.2. The van der Waals surface area contributed by atoms with Crippen molar-refractivity contribution in [3.8, 4) is 5.75 Å². The number of carbonyl (C=O) groups excluding carboxylic acids is 1. The lowest BCUT2D eigenvalue weighted by molar-refractivity contribution is 0.0857. The molecule has 2 N–H and O–H groups in total. The lowest BCUT2D eigenvalue weighted by Crippen LogP contribution is -2.31. The molecule has 0 bridgehead atoms. The summed E-state index contributed by atoms with van der Waals surface area (Å²) in [6.45, 7) is 2.82. The summed E-state index contributed by atoms with van der Waals surface area (Å²) in [6.07, 6.45) is 1.93. The number of hydrogen-bond donors (Lipinski definition) is 2. The number of hydrogen-bond acceptors (Lipinski definition) is 5. The third kappa shape index (κ3) is 4.82. The normalized spacial score (nSPS) is 16.6. The van der Waals surface area contributed by atoms with E-state index in [1.165, 1.54) is 13.2 Å². The SMILES string of the molecule is COc1ccc(NS(=O)(=O)c2cc(C(=O)NC[C@H]3CCCO3)ccc2C)cc1. The number of amides is 1. The lowest BCUT2D eigenvalue weighted by atomic mass is 10.1. The van der Waals surface area contributed by atoms with Crippen LogP contribution in [0.15, 0.2) is 47.4 Å². The van der Waals surface area contributed by atoms with Crippen LogP contribution in [0.25, 0.3) is 0 Å². The Morgan fingerprint density at radius 3 is 2.61 bits per heavy atom. The first-order valence-electron chi connectivity index (χ1n) is 9.06. The van der Waals surface area contributed by atoms with Crippen molar-refractivity contribution in [3.63, 3.8) is 0 Å². The molecule has 1 saturated heterocycles. The quantitative estimate of drug-likeness (QED) is 0.740. The molecule has 1 aliphatic rings. The molecule has 8 heteroatoms. The maximum atomic E-state index is 12.8. The molecule has 28 heavy (non-hydrogen) atoms. The highest BCUT2D eigenvalue weighted by molar-refractivity contribution is 7.92. The van der Waals surface area contributed by atoms with Gasteiger partial charge in [-0.15, -0.1) is 0 Å². The molecule has 0 radical (unpaired) electrons. The summed E-state index contributed by atoms with van der Waals surface area (Å²) in [5.74, 6) is 0.306. The molecular weight excluding hydrogens is 380 g/mol. The Morgan fingerprint density at radius 2 is 1.96 bits per heavy atom. The fourth-order valence-electron chi connectivity index (χ4n) is 3.01. The van der Waals surface area contributed by atoms with E-state index < -0.39 is 10.0 Å². The Bertz CT molecular complexity index is 936. The number of nitrogens with one attached hydrogen (secondary N) is 2. The number of benzene rings is 2. The molecule has 1 atom stereocenters. The fraction of sp³-hybridized carbons (Fsp3) is 0.350. The number of rotatable bonds is 7. The van der Waals surface area contributed by atoms with Crippen LogP contribution in [0.4, 0.5) is 5.69 Å². The van der Waals surface area contributed by atoms with Crippen LogP contribution in [0.1, 0.15) is 28.8 Å². The molecule has 0 aliphatic carbocycles. The topological polar surface area (TPSA) is 93.7 Å². The first-order chi connectivity index (χ1) is 13.4. The summed E-state index contributed by atoms with van der Waals surface area (Å²) in [5, 5.41) is 2.81. The number of methoxy groups -OCH3 is 1. The van der Waals surface area contributed by atoms with Crippen LogP contribution >= 0.6 is 0 Å². The highest BCUT2D eigenvalue weighted by Crippen LogP contribution is 2.22. The van der Waals surface area contributed by atoms with Gasteiger partial charge in [0, 0.05) is 24.4 Å². The van der Waals surface area contributed by atoms with E-state index in [4.69, 9.17) is 9.47 Å². The van der Waals surface area contributed by atoms with Gasteiger partial charge in [0.05, 0.1) is 18.1 Å². The second-order valence-corrected chi connectivity index (χ2v) is 8.31. The van der Waals surface area contributed by atoms with Crippen molar-refractivity contribution in [2.75, 3.05) is 25.0 Å². The average molecular weight is 404 g/mol. The summed E-state index contributed by atoms with van der Waals surface area (Å²) in [7, 11) is -2.31. The second kappa shape index (κ2) is 8.62. The number of sulfonamides is 1. The van der Waals surface area contributed by atoms with Gasteiger partial charge in [0.25, 0.3) is 15.9 Å². The maximum absolute atomic E-state index is 12.8. The van der Waals surface area contributed by atoms with E-state index in [0.717, 1.165) is 12.8 Å². The molecule has 1 heterocycles. The maximum Gasteiger partial charge on any atom is 0.262 e. The van der Waals surface area contributed by atoms with Crippen LogP contribution in [0, 0.1) is 6.92 Å². The van der Waals surface area contributed by atoms with Crippen LogP contribution in [0.5, 0.6) is 5.75 Å². The standard InChI is InChI=1S/C20H24N2O5S/c1-14-5-6-15(20(23)21-13-18-4-3-11-27-18)12-19(14)28(24,25)22-16-7-9-17(26-2)10-8-16/h5-10,12,18,22H,3-4,11,13H2,1-2H3,(H,21,23)/t18-/m1/s1. The molecule has 0 unspecified atom stereocenters. The largest absolute Gasteiger partial charge is 0.497 e. The summed E-state index contributed by atoms with van der Waals surface area (Å²) in [6, 6.07) is 11.2. The Morgan fingerprint density at radius 1 is 1.21 bits per heavy atom. The minimum atomic E-state index is -3.85. The molecule has 150 valence electrons. The van der Waals surface area contributed by atoms with Crippen molar-refractivity contribution in [3.05, 3.63) is 53.6 Å². The molecule has 1 aliphatic heterocycles. The third-order valence-electron chi connectivity index (χ3n) is 4.60. The molecular formula is C20H24N2O5S. The van der Waals surface area contributed by atoms with E-state index in [9.17, 15) is 13.2 Å². The van der Waals surface area contributed by atoms with Crippen molar-refractivity contribution < 1.29 is 22.7 Å². The summed E-state index contributed by atoms with van der Waals surface area (Å²) >= 11 is 0. The van der Waals surface area contributed by atoms with Crippen molar-refractivity contribution in [1.29, 1.82) is 0 Å². The van der Waals surface area contributed by atoms with Gasteiger partial charge in [0.2, 0.25) is 0 Å². The Kier molecular flexibility index (Phi) is 6.21. The van der Waals surface area contributed by atoms with E-state index in [0.29, 0.717) is 35.7 Å². The van der Waals surface area contributed by atoms with Crippen LogP contribution in [0.2, 0.25) is 0 Å². The number of anilines is 1. The van der Waals surface area contributed by atoms with Crippen LogP contribution in [-0.2, 0) is 14.8 Å². The van der Waals surface area contributed by atoms with Gasteiger partial charge in [-0.05, 0) is 61.7 Å². The number of ether oxygens (including phenoxy) is 2. The molecule has 0 spiro atoms. The summed E-state index contributed by atoms with van der Waals surface area (Å²) in [5.41, 5.74) is 1.25.